The minimum atomic E-state index is -1.06. The fraction of sp³-hybridized carbons (Fsp3) is 0.214. The van der Waals surface area contributed by atoms with Gasteiger partial charge >= 0.3 is 17.9 Å². The first-order chi connectivity index (χ1) is 9.54. The van der Waals surface area contributed by atoms with Crippen molar-refractivity contribution in [3.05, 3.63) is 48.0 Å². The van der Waals surface area contributed by atoms with Crippen LogP contribution in [-0.4, -0.2) is 36.2 Å². The van der Waals surface area contributed by atoms with Crippen LogP contribution in [0.25, 0.3) is 0 Å². The lowest BCUT2D eigenvalue weighted by Gasteiger charge is -2.05. The average molecular weight is 278 g/mol. The van der Waals surface area contributed by atoms with Crippen molar-refractivity contribution in [1.82, 2.24) is 0 Å². The quantitative estimate of drug-likeness (QED) is 0.463. The highest BCUT2D eigenvalue weighted by Gasteiger charge is 2.08. The summed E-state index contributed by atoms with van der Waals surface area (Å²) in [7, 11) is 0. The first-order valence-corrected chi connectivity index (χ1v) is 5.84. The molecule has 0 heterocycles. The van der Waals surface area contributed by atoms with Gasteiger partial charge in [0.1, 0.15) is 0 Å². The Labute approximate surface area is 115 Å². The Balaban J connectivity index is 2.34. The van der Waals surface area contributed by atoms with E-state index >= 15 is 0 Å². The van der Waals surface area contributed by atoms with Crippen LogP contribution in [0.4, 0.5) is 0 Å². The summed E-state index contributed by atoms with van der Waals surface area (Å²) >= 11 is 0. The number of carbonyl (C=O) groups excluding carboxylic acids is 2. The van der Waals surface area contributed by atoms with Gasteiger partial charge in [0.2, 0.25) is 0 Å². The summed E-state index contributed by atoms with van der Waals surface area (Å²) in [4.78, 5) is 32.9. The van der Waals surface area contributed by atoms with Crippen LogP contribution in [0.1, 0.15) is 27.1 Å². The summed E-state index contributed by atoms with van der Waals surface area (Å²) in [6, 6.07) is 5.41. The summed E-state index contributed by atoms with van der Waals surface area (Å²) < 4.78 is 9.65. The number of aromatic carboxylic acids is 1. The van der Waals surface area contributed by atoms with E-state index < -0.39 is 17.9 Å². The van der Waals surface area contributed by atoms with Gasteiger partial charge in [0.15, 0.2) is 0 Å². The molecule has 0 atom stereocenters. The van der Waals surface area contributed by atoms with E-state index in [0.717, 1.165) is 6.08 Å². The van der Waals surface area contributed by atoms with Gasteiger partial charge in [0, 0.05) is 12.5 Å². The molecule has 106 valence electrons. The molecule has 0 aliphatic rings. The third-order valence-corrected chi connectivity index (χ3v) is 2.30. The van der Waals surface area contributed by atoms with E-state index in [1.165, 1.54) is 24.3 Å². The van der Waals surface area contributed by atoms with Crippen molar-refractivity contribution in [3.63, 3.8) is 0 Å². The third-order valence-electron chi connectivity index (χ3n) is 2.30. The number of carbonyl (C=O) groups is 3. The van der Waals surface area contributed by atoms with Gasteiger partial charge in [-0.25, -0.2) is 14.4 Å². The summed E-state index contributed by atoms with van der Waals surface area (Å²) in [5, 5.41) is 8.72. The first kappa shape index (κ1) is 15.4. The summed E-state index contributed by atoms with van der Waals surface area (Å²) in [6.45, 7) is 3.48. The SMILES string of the molecule is C=CC(=O)OCCCOC(=O)c1ccc(C(=O)O)cc1. The Bertz CT molecular complexity index is 503. The maximum absolute atomic E-state index is 11.6. The smallest absolute Gasteiger partial charge is 0.338 e. The molecule has 6 nitrogen and oxygen atoms in total. The molecule has 1 rings (SSSR count). The molecule has 0 aromatic heterocycles. The Morgan fingerprint density at radius 1 is 1.05 bits per heavy atom. The number of esters is 2. The van der Waals surface area contributed by atoms with E-state index in [4.69, 9.17) is 14.6 Å². The van der Waals surface area contributed by atoms with E-state index in [2.05, 4.69) is 6.58 Å². The molecule has 1 aromatic carbocycles. The van der Waals surface area contributed by atoms with E-state index in [0.29, 0.717) is 6.42 Å². The molecular formula is C14H14O6. The lowest BCUT2D eigenvalue weighted by Crippen LogP contribution is -2.10. The van der Waals surface area contributed by atoms with Crippen LogP contribution >= 0.6 is 0 Å². The predicted octanol–water partition coefficient (Wildman–Crippen LogP) is 1.66. The van der Waals surface area contributed by atoms with Gasteiger partial charge in [-0.3, -0.25) is 0 Å². The fourth-order valence-electron chi connectivity index (χ4n) is 1.29. The lowest BCUT2D eigenvalue weighted by atomic mass is 10.1. The van der Waals surface area contributed by atoms with E-state index in [1.807, 2.05) is 0 Å². The standard InChI is InChI=1S/C14H14O6/c1-2-12(15)19-8-3-9-20-14(18)11-6-4-10(5-7-11)13(16)17/h2,4-7H,1,3,8-9H2,(H,16,17). The van der Waals surface area contributed by atoms with Crippen LogP contribution in [0.3, 0.4) is 0 Å². The molecule has 0 unspecified atom stereocenters. The van der Waals surface area contributed by atoms with Gasteiger partial charge in [-0.15, -0.1) is 0 Å². The van der Waals surface area contributed by atoms with Crippen molar-refractivity contribution >= 4 is 17.9 Å². The first-order valence-electron chi connectivity index (χ1n) is 5.84. The normalized spacial score (nSPS) is 9.60. The zero-order chi connectivity index (χ0) is 15.0. The van der Waals surface area contributed by atoms with Crippen molar-refractivity contribution in [2.24, 2.45) is 0 Å². The number of benzene rings is 1. The molecule has 20 heavy (non-hydrogen) atoms. The second-order valence-electron chi connectivity index (χ2n) is 3.74. The number of ether oxygens (including phenoxy) is 2. The Kier molecular flexibility index (Phi) is 5.96. The van der Waals surface area contributed by atoms with Crippen LogP contribution in [-0.2, 0) is 14.3 Å². The molecule has 0 spiro atoms. The molecule has 1 N–H and O–H groups in total. The van der Waals surface area contributed by atoms with Gasteiger partial charge in [0.25, 0.3) is 0 Å². The molecule has 1 aromatic rings. The van der Waals surface area contributed by atoms with E-state index in [9.17, 15) is 14.4 Å². The van der Waals surface area contributed by atoms with Gasteiger partial charge in [-0.2, -0.15) is 0 Å². The highest BCUT2D eigenvalue weighted by atomic mass is 16.5. The second-order valence-corrected chi connectivity index (χ2v) is 3.74. The number of carboxylic acid groups (broad SMARTS) is 1. The molecule has 0 saturated heterocycles. The highest BCUT2D eigenvalue weighted by molar-refractivity contribution is 5.92. The number of hydrogen-bond acceptors (Lipinski definition) is 5. The van der Waals surface area contributed by atoms with Crippen molar-refractivity contribution in [1.29, 1.82) is 0 Å². The minimum Gasteiger partial charge on any atom is -0.478 e. The monoisotopic (exact) mass is 278 g/mol. The molecule has 0 radical (unpaired) electrons. The minimum absolute atomic E-state index is 0.0953. The predicted molar refractivity (Wildman–Crippen MR) is 69.5 cm³/mol. The third kappa shape index (κ3) is 4.93. The maximum atomic E-state index is 11.6. The summed E-state index contributed by atoms with van der Waals surface area (Å²) in [5.41, 5.74) is 0.357. The summed E-state index contributed by atoms with van der Waals surface area (Å²) in [6.07, 6.45) is 1.43. The fourth-order valence-corrected chi connectivity index (χ4v) is 1.29. The van der Waals surface area contributed by atoms with Crippen LogP contribution < -0.4 is 0 Å². The molecule has 0 aliphatic heterocycles. The molecule has 0 bridgehead atoms. The molecule has 6 heteroatoms. The Morgan fingerprint density at radius 3 is 2.15 bits per heavy atom. The van der Waals surface area contributed by atoms with Crippen LogP contribution in [0.2, 0.25) is 0 Å². The Hall–Kier alpha value is -2.63. The Morgan fingerprint density at radius 2 is 1.60 bits per heavy atom. The molecular weight excluding hydrogens is 264 g/mol. The topological polar surface area (TPSA) is 89.9 Å². The van der Waals surface area contributed by atoms with Gasteiger partial charge in [-0.1, -0.05) is 6.58 Å². The highest BCUT2D eigenvalue weighted by Crippen LogP contribution is 2.06. The second kappa shape index (κ2) is 7.73. The molecule has 0 aliphatic carbocycles. The van der Waals surface area contributed by atoms with Crippen molar-refractivity contribution in [2.75, 3.05) is 13.2 Å². The summed E-state index contributed by atoms with van der Waals surface area (Å²) in [5.74, 6) is -2.15. The number of carboxylic acids is 1. The zero-order valence-corrected chi connectivity index (χ0v) is 10.7. The van der Waals surface area contributed by atoms with Crippen LogP contribution in [0, 0.1) is 0 Å². The van der Waals surface area contributed by atoms with Crippen molar-refractivity contribution in [3.8, 4) is 0 Å². The van der Waals surface area contributed by atoms with Gasteiger partial charge < -0.3 is 14.6 Å². The van der Waals surface area contributed by atoms with Crippen LogP contribution in [0.5, 0.6) is 0 Å². The van der Waals surface area contributed by atoms with Crippen LogP contribution in [0.15, 0.2) is 36.9 Å². The molecule has 0 amide bonds. The number of rotatable bonds is 7. The largest absolute Gasteiger partial charge is 0.478 e. The lowest BCUT2D eigenvalue weighted by molar-refractivity contribution is -0.137. The maximum Gasteiger partial charge on any atom is 0.338 e. The van der Waals surface area contributed by atoms with Crippen molar-refractivity contribution < 1.29 is 29.0 Å². The molecule has 0 saturated carbocycles. The number of hydrogen-bond donors (Lipinski definition) is 1. The van der Waals surface area contributed by atoms with E-state index in [-0.39, 0.29) is 24.3 Å². The zero-order valence-electron chi connectivity index (χ0n) is 10.7. The van der Waals surface area contributed by atoms with Crippen molar-refractivity contribution in [2.45, 2.75) is 6.42 Å². The average Bonchev–Trinajstić information content (AvgIpc) is 2.46. The molecule has 0 fully saturated rings. The van der Waals surface area contributed by atoms with Gasteiger partial charge in [-0.05, 0) is 24.3 Å². The van der Waals surface area contributed by atoms with E-state index in [1.54, 1.807) is 0 Å². The van der Waals surface area contributed by atoms with Gasteiger partial charge in [0.05, 0.1) is 24.3 Å².